The van der Waals surface area contributed by atoms with Gasteiger partial charge in [-0.25, -0.2) is 4.39 Å². The molecular formula is C23H27FN2O4. The minimum atomic E-state index is -0.279. The Morgan fingerprint density at radius 3 is 2.77 bits per heavy atom. The molecule has 0 aliphatic carbocycles. The normalized spacial score (nSPS) is 18.7. The fourth-order valence-corrected chi connectivity index (χ4v) is 3.70. The van der Waals surface area contributed by atoms with Crippen LogP contribution in [0.4, 0.5) is 15.8 Å². The SMILES string of the molecule is CC(=O)Nc1ccccc1OCC1OCCN(c2ccc(F)cc2)C1CCCC=O. The summed E-state index contributed by atoms with van der Waals surface area (Å²) in [6.45, 7) is 2.93. The summed E-state index contributed by atoms with van der Waals surface area (Å²) < 4.78 is 25.4. The molecule has 1 amide bonds. The summed E-state index contributed by atoms with van der Waals surface area (Å²) in [6, 6.07) is 13.7. The van der Waals surface area contributed by atoms with Gasteiger partial charge in [-0.2, -0.15) is 0 Å². The Kier molecular flexibility index (Phi) is 7.79. The summed E-state index contributed by atoms with van der Waals surface area (Å²) in [5.41, 5.74) is 1.52. The molecule has 0 bridgehead atoms. The molecule has 3 rings (SSSR count). The highest BCUT2D eigenvalue weighted by molar-refractivity contribution is 5.90. The van der Waals surface area contributed by atoms with Crippen LogP contribution < -0.4 is 15.0 Å². The average Bonchev–Trinajstić information content (AvgIpc) is 2.74. The summed E-state index contributed by atoms with van der Waals surface area (Å²) in [6.07, 6.45) is 2.64. The highest BCUT2D eigenvalue weighted by Gasteiger charge is 2.33. The Bertz CT molecular complexity index is 843. The predicted molar refractivity (Wildman–Crippen MR) is 113 cm³/mol. The van der Waals surface area contributed by atoms with Crippen molar-refractivity contribution in [2.45, 2.75) is 38.3 Å². The number of para-hydroxylation sites is 2. The number of halogens is 1. The first-order chi connectivity index (χ1) is 14.6. The van der Waals surface area contributed by atoms with Gasteiger partial charge in [-0.05, 0) is 49.2 Å². The van der Waals surface area contributed by atoms with E-state index in [9.17, 15) is 14.0 Å². The van der Waals surface area contributed by atoms with E-state index in [1.807, 2.05) is 12.1 Å². The molecule has 2 aromatic rings. The van der Waals surface area contributed by atoms with Crippen molar-refractivity contribution in [2.24, 2.45) is 0 Å². The zero-order chi connectivity index (χ0) is 21.3. The van der Waals surface area contributed by atoms with Gasteiger partial charge in [-0.1, -0.05) is 12.1 Å². The molecule has 1 fully saturated rings. The van der Waals surface area contributed by atoms with Crippen LogP contribution in [0.1, 0.15) is 26.2 Å². The Morgan fingerprint density at radius 2 is 2.03 bits per heavy atom. The number of benzene rings is 2. The predicted octanol–water partition coefficient (Wildman–Crippen LogP) is 3.81. The molecule has 1 aliphatic heterocycles. The number of anilines is 2. The van der Waals surface area contributed by atoms with Crippen molar-refractivity contribution >= 4 is 23.6 Å². The van der Waals surface area contributed by atoms with Gasteiger partial charge in [0.25, 0.3) is 0 Å². The smallest absolute Gasteiger partial charge is 0.221 e. The number of hydrogen-bond acceptors (Lipinski definition) is 5. The van der Waals surface area contributed by atoms with Crippen LogP contribution in [0.2, 0.25) is 0 Å². The van der Waals surface area contributed by atoms with Gasteiger partial charge in [0.05, 0.1) is 18.3 Å². The van der Waals surface area contributed by atoms with E-state index >= 15 is 0 Å². The fraction of sp³-hybridized carbons (Fsp3) is 0.391. The van der Waals surface area contributed by atoms with Gasteiger partial charge >= 0.3 is 0 Å². The molecule has 1 N–H and O–H groups in total. The van der Waals surface area contributed by atoms with E-state index in [4.69, 9.17) is 9.47 Å². The molecule has 30 heavy (non-hydrogen) atoms. The minimum Gasteiger partial charge on any atom is -0.489 e. The number of hydrogen-bond donors (Lipinski definition) is 1. The molecule has 1 aliphatic rings. The molecule has 2 aromatic carbocycles. The average molecular weight is 414 g/mol. The van der Waals surface area contributed by atoms with Crippen LogP contribution in [-0.4, -0.2) is 44.1 Å². The van der Waals surface area contributed by atoms with Gasteiger partial charge in [-0.3, -0.25) is 4.79 Å². The maximum atomic E-state index is 13.4. The van der Waals surface area contributed by atoms with Gasteiger partial charge in [0.15, 0.2) is 0 Å². The van der Waals surface area contributed by atoms with Crippen LogP contribution in [0.15, 0.2) is 48.5 Å². The third kappa shape index (κ3) is 5.79. The summed E-state index contributed by atoms with van der Waals surface area (Å²) in [5, 5.41) is 2.76. The summed E-state index contributed by atoms with van der Waals surface area (Å²) in [5.74, 6) is 0.120. The lowest BCUT2D eigenvalue weighted by Gasteiger charge is -2.42. The topological polar surface area (TPSA) is 67.9 Å². The number of carbonyl (C=O) groups excluding carboxylic acids is 2. The first kappa shape index (κ1) is 21.8. The van der Waals surface area contributed by atoms with Crippen LogP contribution in [-0.2, 0) is 14.3 Å². The van der Waals surface area contributed by atoms with Gasteiger partial charge in [0.2, 0.25) is 5.91 Å². The number of nitrogens with zero attached hydrogens (tertiary/aromatic N) is 1. The molecule has 1 saturated heterocycles. The molecule has 0 aromatic heterocycles. The zero-order valence-corrected chi connectivity index (χ0v) is 17.1. The zero-order valence-electron chi connectivity index (χ0n) is 17.1. The van der Waals surface area contributed by atoms with Crippen LogP contribution in [0.25, 0.3) is 0 Å². The molecular weight excluding hydrogens is 387 g/mol. The number of carbonyl (C=O) groups is 2. The Labute approximate surface area is 176 Å². The van der Waals surface area contributed by atoms with Crippen LogP contribution in [0, 0.1) is 5.82 Å². The van der Waals surface area contributed by atoms with E-state index in [0.29, 0.717) is 37.6 Å². The standard InChI is InChI=1S/C23H27FN2O4/c1-17(28)25-20-6-2-3-8-22(20)30-16-23-21(7-4-5-14-27)26(13-15-29-23)19-11-9-18(24)10-12-19/h2-3,6,8-12,14,21,23H,4-5,7,13,15-16H2,1H3,(H,25,28). The largest absolute Gasteiger partial charge is 0.489 e. The lowest BCUT2D eigenvalue weighted by atomic mass is 10.00. The number of ether oxygens (including phenoxy) is 2. The van der Waals surface area contributed by atoms with Gasteiger partial charge < -0.3 is 24.5 Å². The molecule has 0 radical (unpaired) electrons. The second-order valence-electron chi connectivity index (χ2n) is 7.23. The summed E-state index contributed by atoms with van der Waals surface area (Å²) in [4.78, 5) is 24.4. The van der Waals surface area contributed by atoms with Crippen molar-refractivity contribution in [1.82, 2.24) is 0 Å². The number of morpholine rings is 1. The van der Waals surface area contributed by atoms with Crippen LogP contribution in [0.5, 0.6) is 5.75 Å². The van der Waals surface area contributed by atoms with Gasteiger partial charge in [-0.15, -0.1) is 0 Å². The molecule has 1 heterocycles. The molecule has 0 saturated carbocycles. The molecule has 7 heteroatoms. The quantitative estimate of drug-likeness (QED) is 0.499. The third-order valence-corrected chi connectivity index (χ3v) is 5.07. The van der Waals surface area contributed by atoms with E-state index in [0.717, 1.165) is 24.8 Å². The monoisotopic (exact) mass is 414 g/mol. The second-order valence-corrected chi connectivity index (χ2v) is 7.23. The lowest BCUT2D eigenvalue weighted by molar-refractivity contribution is -0.114. The van der Waals surface area contributed by atoms with Crippen molar-refractivity contribution in [3.05, 3.63) is 54.3 Å². The van der Waals surface area contributed by atoms with E-state index in [1.165, 1.54) is 19.1 Å². The number of aldehydes is 1. The fourth-order valence-electron chi connectivity index (χ4n) is 3.70. The number of rotatable bonds is 9. The van der Waals surface area contributed by atoms with Gasteiger partial charge in [0.1, 0.15) is 30.6 Å². The Morgan fingerprint density at radius 1 is 1.27 bits per heavy atom. The minimum absolute atomic E-state index is 0.0166. The Hall–Kier alpha value is -2.93. The lowest BCUT2D eigenvalue weighted by Crippen LogP contribution is -2.53. The van der Waals surface area contributed by atoms with Crippen LogP contribution >= 0.6 is 0 Å². The second kappa shape index (κ2) is 10.7. The maximum Gasteiger partial charge on any atom is 0.221 e. The van der Waals surface area contributed by atoms with Crippen molar-refractivity contribution < 1.29 is 23.5 Å². The highest BCUT2D eigenvalue weighted by atomic mass is 19.1. The third-order valence-electron chi connectivity index (χ3n) is 5.07. The van der Waals surface area contributed by atoms with Crippen molar-refractivity contribution in [2.75, 3.05) is 30.0 Å². The van der Waals surface area contributed by atoms with Gasteiger partial charge in [0, 0.05) is 25.6 Å². The number of amides is 1. The molecule has 6 nitrogen and oxygen atoms in total. The van der Waals surface area contributed by atoms with Crippen molar-refractivity contribution in [1.29, 1.82) is 0 Å². The molecule has 2 unspecified atom stereocenters. The summed E-state index contributed by atoms with van der Waals surface area (Å²) in [7, 11) is 0. The maximum absolute atomic E-state index is 13.4. The first-order valence-electron chi connectivity index (χ1n) is 10.2. The van der Waals surface area contributed by atoms with E-state index in [-0.39, 0.29) is 23.9 Å². The molecule has 0 spiro atoms. The highest BCUT2D eigenvalue weighted by Crippen LogP contribution is 2.29. The Balaban J connectivity index is 1.75. The van der Waals surface area contributed by atoms with E-state index in [2.05, 4.69) is 10.2 Å². The number of nitrogens with one attached hydrogen (secondary N) is 1. The summed E-state index contributed by atoms with van der Waals surface area (Å²) >= 11 is 0. The number of unbranched alkanes of at least 4 members (excludes halogenated alkanes) is 1. The first-order valence-corrected chi connectivity index (χ1v) is 10.2. The van der Waals surface area contributed by atoms with E-state index in [1.54, 1.807) is 24.3 Å². The van der Waals surface area contributed by atoms with E-state index < -0.39 is 0 Å². The van der Waals surface area contributed by atoms with Crippen molar-refractivity contribution in [3.63, 3.8) is 0 Å². The van der Waals surface area contributed by atoms with Crippen molar-refractivity contribution in [3.8, 4) is 5.75 Å². The molecule has 160 valence electrons. The molecule has 2 atom stereocenters. The van der Waals surface area contributed by atoms with Crippen LogP contribution in [0.3, 0.4) is 0 Å².